The van der Waals surface area contributed by atoms with Crippen LogP contribution in [0.5, 0.6) is 5.75 Å². The fourth-order valence-corrected chi connectivity index (χ4v) is 1.80. The number of phenols is 1. The molecule has 96 valence electrons. The van der Waals surface area contributed by atoms with Gasteiger partial charge in [-0.15, -0.1) is 0 Å². The van der Waals surface area contributed by atoms with Crippen LogP contribution < -0.4 is 59.4 Å². The number of nitrogens with two attached hydrogens (primary N) is 2. The molecule has 0 aliphatic carbocycles. The maximum atomic E-state index is 9.13. The van der Waals surface area contributed by atoms with Gasteiger partial charge in [0.25, 0.3) is 0 Å². The Balaban J connectivity index is -0.000000563. The molecular weight excluding hydrogens is 660 g/mol. The first kappa shape index (κ1) is 22.8. The van der Waals surface area contributed by atoms with Crippen LogP contribution in [0.15, 0.2) is 12.1 Å². The molecule has 16 heavy (non-hydrogen) atoms. The number of hydrogen-bond acceptors (Lipinski definition) is 3. The van der Waals surface area contributed by atoms with Crippen molar-refractivity contribution in [3.05, 3.63) is 27.7 Å². The van der Waals surface area contributed by atoms with Crippen LogP contribution in [0.2, 0.25) is 10.0 Å². The Morgan fingerprint density at radius 3 is 1.88 bits per heavy atom. The second-order valence-corrected chi connectivity index (χ2v) is 3.48. The molecule has 0 aliphatic rings. The molecule has 0 aromatic heterocycles. The summed E-state index contributed by atoms with van der Waals surface area (Å²) in [4.78, 5) is 0. The van der Waals surface area contributed by atoms with Gasteiger partial charge in [0.1, 0.15) is 5.75 Å². The van der Waals surface area contributed by atoms with Crippen LogP contribution in [0.3, 0.4) is 0 Å². The van der Waals surface area contributed by atoms with Crippen molar-refractivity contribution in [1.29, 1.82) is 0 Å². The van der Waals surface area contributed by atoms with Gasteiger partial charge in [-0.05, 0) is 12.1 Å². The van der Waals surface area contributed by atoms with Crippen molar-refractivity contribution < 1.29 is 74.1 Å². The van der Waals surface area contributed by atoms with Crippen molar-refractivity contribution in [2.75, 3.05) is 6.54 Å². The molecule has 3 nitrogen and oxygen atoms in total. The summed E-state index contributed by atoms with van der Waals surface area (Å²) in [6, 6.07) is 2.37. The minimum Gasteiger partial charge on any atom is -1.00 e. The van der Waals surface area contributed by atoms with Crippen molar-refractivity contribution >= 4 is 23.2 Å². The van der Waals surface area contributed by atoms with Gasteiger partial charge in [-0.3, -0.25) is 0 Å². The Hall–Kier alpha value is 1.67. The number of halogens is 4. The number of hydrogen-bond donors (Lipinski definition) is 3. The molecule has 0 amide bonds. The van der Waals surface area contributed by atoms with Crippen LogP contribution in [0.25, 0.3) is 0 Å². The van der Waals surface area contributed by atoms with Crippen molar-refractivity contribution in [2.45, 2.75) is 6.04 Å². The number of phenolic OH excluding ortho intramolecular Hbond substituents is 1. The molecule has 0 spiro atoms. The monoisotopic (exact) mass is 669 g/mol. The number of benzene rings is 1. The molecule has 0 aliphatic heterocycles. The molecule has 0 bridgehead atoms. The Kier molecular flexibility index (Phi) is 15.1. The molecule has 1 atom stereocenters. The van der Waals surface area contributed by atoms with E-state index in [-0.39, 0.29) is 81.3 Å². The quantitative estimate of drug-likeness (QED) is 0.279. The molecule has 1 aromatic rings. The van der Waals surface area contributed by atoms with E-state index in [1.165, 1.54) is 12.1 Å². The van der Waals surface area contributed by atoms with E-state index in [4.69, 9.17) is 39.8 Å². The first-order valence-electron chi connectivity index (χ1n) is 3.69. The first-order valence-corrected chi connectivity index (χ1v) is 4.45. The van der Waals surface area contributed by atoms with Gasteiger partial charge in [0.2, 0.25) is 0 Å². The van der Waals surface area contributed by atoms with Crippen LogP contribution in [-0.2, 0) is 21.1 Å². The van der Waals surface area contributed by atoms with Gasteiger partial charge in [0.05, 0.1) is 10.0 Å². The molecule has 1 aromatic carbocycles. The Labute approximate surface area is 153 Å². The smallest absolute Gasteiger partial charge is 1.00 e. The molecule has 0 saturated heterocycles. The second kappa shape index (κ2) is 10.6. The van der Waals surface area contributed by atoms with Gasteiger partial charge < -0.3 is 64.5 Å². The molecule has 1 unspecified atom stereocenters. The zero-order chi connectivity index (χ0) is 10.0. The molecular formula is C8H10Cl2I2N2OPt. The number of aromatic hydroxyl groups is 1. The zero-order valence-electron chi connectivity index (χ0n) is 7.87. The summed E-state index contributed by atoms with van der Waals surface area (Å²) in [7, 11) is 0. The summed E-state index contributed by atoms with van der Waals surface area (Å²) >= 11 is 11.7. The van der Waals surface area contributed by atoms with Crippen LogP contribution in [-0.4, -0.2) is 11.7 Å². The predicted octanol–water partition coefficient (Wildman–Crippen LogP) is -4.34. The molecule has 0 radical (unpaired) electrons. The Morgan fingerprint density at radius 1 is 1.19 bits per heavy atom. The number of rotatable bonds is 2. The maximum Gasteiger partial charge on any atom is 2.00 e. The van der Waals surface area contributed by atoms with Gasteiger partial charge >= 0.3 is 21.1 Å². The van der Waals surface area contributed by atoms with Crippen LogP contribution in [0.1, 0.15) is 11.6 Å². The van der Waals surface area contributed by atoms with Gasteiger partial charge in [0, 0.05) is 18.2 Å². The van der Waals surface area contributed by atoms with Crippen molar-refractivity contribution in [3.8, 4) is 5.75 Å². The second-order valence-electron chi connectivity index (χ2n) is 2.67. The standard InChI is InChI=1S/C8H10Cl2N2O.2HI.Pt/c9-5-1-4(13)2-6(10)8(5)7(12)3-11;;;/h1-2,7,13H,3,11-12H2;2*1H;/q;;;+2/p-2. The van der Waals surface area contributed by atoms with Crippen molar-refractivity contribution in [1.82, 2.24) is 0 Å². The van der Waals surface area contributed by atoms with E-state index in [2.05, 4.69) is 0 Å². The molecule has 1 rings (SSSR count). The summed E-state index contributed by atoms with van der Waals surface area (Å²) in [6.07, 6.45) is 0. The summed E-state index contributed by atoms with van der Waals surface area (Å²) in [5.74, 6) is 0.0166. The van der Waals surface area contributed by atoms with E-state index in [1.807, 2.05) is 0 Å². The summed E-state index contributed by atoms with van der Waals surface area (Å²) < 4.78 is 0. The van der Waals surface area contributed by atoms with Gasteiger partial charge in [-0.25, -0.2) is 0 Å². The average Bonchev–Trinajstić information content (AvgIpc) is 2.02. The normalized spacial score (nSPS) is 10.5. The van der Waals surface area contributed by atoms with E-state index < -0.39 is 6.04 Å². The summed E-state index contributed by atoms with van der Waals surface area (Å²) in [5, 5.41) is 9.80. The predicted molar refractivity (Wildman–Crippen MR) is 54.1 cm³/mol. The summed E-state index contributed by atoms with van der Waals surface area (Å²) in [5.41, 5.74) is 11.6. The van der Waals surface area contributed by atoms with Crippen LogP contribution in [0, 0.1) is 0 Å². The van der Waals surface area contributed by atoms with Gasteiger partial charge in [-0.2, -0.15) is 0 Å². The molecule has 0 saturated carbocycles. The van der Waals surface area contributed by atoms with E-state index in [9.17, 15) is 0 Å². The van der Waals surface area contributed by atoms with Gasteiger partial charge in [0.15, 0.2) is 0 Å². The van der Waals surface area contributed by atoms with E-state index in [0.717, 1.165) is 0 Å². The van der Waals surface area contributed by atoms with Crippen molar-refractivity contribution in [3.63, 3.8) is 0 Å². The largest absolute Gasteiger partial charge is 2.00 e. The zero-order valence-corrected chi connectivity index (χ0v) is 16.0. The molecule has 0 fully saturated rings. The third-order valence-electron chi connectivity index (χ3n) is 1.69. The topological polar surface area (TPSA) is 72.3 Å². The fraction of sp³-hybridized carbons (Fsp3) is 0.250. The Bertz CT molecular complexity index is 308. The summed E-state index contributed by atoms with van der Waals surface area (Å²) in [6.45, 7) is 0.254. The molecule has 5 N–H and O–H groups in total. The molecule has 0 heterocycles. The van der Waals surface area contributed by atoms with E-state index in [0.29, 0.717) is 15.6 Å². The SMILES string of the molecule is NCC(N)c1c(Cl)cc(O)cc1Cl.[I-].[I-].[Pt+2]. The Morgan fingerprint density at radius 2 is 1.56 bits per heavy atom. The first-order chi connectivity index (χ1) is 6.06. The average molecular weight is 670 g/mol. The van der Waals surface area contributed by atoms with Crippen molar-refractivity contribution in [2.24, 2.45) is 11.5 Å². The fourth-order valence-electron chi connectivity index (χ4n) is 1.04. The minimum atomic E-state index is -0.402. The van der Waals surface area contributed by atoms with Gasteiger partial charge in [-0.1, -0.05) is 23.2 Å². The molecule has 8 heteroatoms. The minimum absolute atomic E-state index is 0. The maximum absolute atomic E-state index is 9.13. The van der Waals surface area contributed by atoms with Crippen LogP contribution in [0.4, 0.5) is 0 Å². The third-order valence-corrected chi connectivity index (χ3v) is 2.31. The van der Waals surface area contributed by atoms with Crippen LogP contribution >= 0.6 is 23.2 Å². The van der Waals surface area contributed by atoms with E-state index >= 15 is 0 Å². The third kappa shape index (κ3) is 6.02. The van der Waals surface area contributed by atoms with E-state index in [1.54, 1.807) is 0 Å².